The minimum atomic E-state index is 0.167. The normalized spacial score (nSPS) is 19.5. The summed E-state index contributed by atoms with van der Waals surface area (Å²) >= 11 is 0. The lowest BCUT2D eigenvalue weighted by atomic mass is 10.1. The molecule has 4 nitrogen and oxygen atoms in total. The van der Waals surface area contributed by atoms with E-state index in [2.05, 4.69) is 4.98 Å². The van der Waals surface area contributed by atoms with Crippen LogP contribution in [0.3, 0.4) is 0 Å². The molecule has 0 atom stereocenters. The predicted octanol–water partition coefficient (Wildman–Crippen LogP) is 0.342. The van der Waals surface area contributed by atoms with E-state index in [1.165, 1.54) is 5.69 Å². The highest BCUT2D eigenvalue weighted by atomic mass is 16.6. The van der Waals surface area contributed by atoms with Crippen LogP contribution in [-0.2, 0) is 17.3 Å². The van der Waals surface area contributed by atoms with E-state index in [9.17, 15) is 0 Å². The van der Waals surface area contributed by atoms with Gasteiger partial charge in [-0.2, -0.15) is 0 Å². The maximum absolute atomic E-state index is 5.08. The van der Waals surface area contributed by atoms with E-state index in [4.69, 9.17) is 10.7 Å². The fraction of sp³-hybridized carbons (Fsp3) is 0.625. The summed E-state index contributed by atoms with van der Waals surface area (Å²) in [6.07, 6.45) is 6.02. The van der Waals surface area contributed by atoms with Crippen molar-refractivity contribution >= 4 is 0 Å². The average Bonchev–Trinajstić information content (AvgIpc) is 2.68. The second kappa shape index (κ2) is 2.57. The zero-order valence-electron chi connectivity index (χ0n) is 7.16. The average molecular weight is 167 g/mol. The molecule has 0 bridgehead atoms. The highest BCUT2D eigenvalue weighted by molar-refractivity contribution is 5.23. The van der Waals surface area contributed by atoms with Crippen molar-refractivity contribution in [2.75, 3.05) is 6.61 Å². The number of hydrogen-bond acceptors (Lipinski definition) is 3. The van der Waals surface area contributed by atoms with Crippen LogP contribution in [-0.4, -0.2) is 16.2 Å². The van der Waals surface area contributed by atoms with Crippen LogP contribution < -0.4 is 5.90 Å². The van der Waals surface area contributed by atoms with Crippen LogP contribution in [0.4, 0.5) is 0 Å². The topological polar surface area (TPSA) is 53.1 Å². The van der Waals surface area contributed by atoms with Crippen LogP contribution >= 0.6 is 0 Å². The number of aromatic nitrogens is 2. The lowest BCUT2D eigenvalue weighted by Gasteiger charge is -2.13. The summed E-state index contributed by atoms with van der Waals surface area (Å²) in [5.74, 6) is 5.08. The first-order chi connectivity index (χ1) is 5.78. The Bertz CT molecular complexity index is 278. The van der Waals surface area contributed by atoms with Crippen molar-refractivity contribution < 1.29 is 4.84 Å². The van der Waals surface area contributed by atoms with Crippen molar-refractivity contribution in [1.29, 1.82) is 0 Å². The van der Waals surface area contributed by atoms with E-state index in [0.29, 0.717) is 6.61 Å². The molecule has 0 aromatic carbocycles. The molecule has 1 aliphatic carbocycles. The van der Waals surface area contributed by atoms with Gasteiger partial charge >= 0.3 is 0 Å². The molecule has 1 aromatic heterocycles. The number of imidazole rings is 1. The summed E-state index contributed by atoms with van der Waals surface area (Å²) < 4.78 is 2.03. The number of aryl methyl sites for hydroxylation is 1. The van der Waals surface area contributed by atoms with Gasteiger partial charge in [0, 0.05) is 24.4 Å². The fourth-order valence-corrected chi connectivity index (χ4v) is 1.65. The summed E-state index contributed by atoms with van der Waals surface area (Å²) in [6.45, 7) is 0.604. The van der Waals surface area contributed by atoms with Gasteiger partial charge in [0.15, 0.2) is 0 Å². The summed E-state index contributed by atoms with van der Waals surface area (Å²) in [5, 5.41) is 0. The Morgan fingerprint density at radius 3 is 2.92 bits per heavy atom. The van der Waals surface area contributed by atoms with Crippen LogP contribution in [0.1, 0.15) is 18.5 Å². The minimum absolute atomic E-state index is 0.167. The standard InChI is InChI=1S/C8H13N3O/c1-11-6-10-4-7(11)8(2-3-8)5-12-9/h4,6H,2-3,5,9H2,1H3. The monoisotopic (exact) mass is 167 g/mol. The Hall–Kier alpha value is -0.870. The van der Waals surface area contributed by atoms with Crippen LogP contribution in [0.5, 0.6) is 0 Å². The molecule has 66 valence electrons. The van der Waals surface area contributed by atoms with E-state index >= 15 is 0 Å². The van der Waals surface area contributed by atoms with Gasteiger partial charge in [0.1, 0.15) is 0 Å². The third-order valence-corrected chi connectivity index (χ3v) is 2.57. The van der Waals surface area contributed by atoms with Crippen LogP contribution in [0.15, 0.2) is 12.5 Å². The van der Waals surface area contributed by atoms with Gasteiger partial charge in [-0.3, -0.25) is 0 Å². The summed E-state index contributed by atoms with van der Waals surface area (Å²) in [4.78, 5) is 8.78. The smallest absolute Gasteiger partial charge is 0.0945 e. The highest BCUT2D eigenvalue weighted by Gasteiger charge is 2.46. The Labute approximate surface area is 71.3 Å². The van der Waals surface area contributed by atoms with Crippen LogP contribution in [0.25, 0.3) is 0 Å². The lowest BCUT2D eigenvalue weighted by Crippen LogP contribution is -2.20. The molecule has 2 rings (SSSR count). The SMILES string of the molecule is Cn1cncc1C1(CON)CC1. The van der Waals surface area contributed by atoms with E-state index in [0.717, 1.165) is 12.8 Å². The molecular weight excluding hydrogens is 154 g/mol. The fourth-order valence-electron chi connectivity index (χ4n) is 1.65. The number of rotatable bonds is 3. The first kappa shape index (κ1) is 7.76. The summed E-state index contributed by atoms with van der Waals surface area (Å²) in [7, 11) is 2.00. The molecule has 0 saturated heterocycles. The molecular formula is C8H13N3O. The number of nitrogens with two attached hydrogens (primary N) is 1. The van der Waals surface area contributed by atoms with Gasteiger partial charge in [-0.25, -0.2) is 10.9 Å². The second-order valence-corrected chi connectivity index (χ2v) is 3.48. The van der Waals surface area contributed by atoms with Crippen molar-refractivity contribution in [3.63, 3.8) is 0 Å². The van der Waals surface area contributed by atoms with E-state index in [-0.39, 0.29) is 5.41 Å². The van der Waals surface area contributed by atoms with Crippen molar-refractivity contribution in [2.24, 2.45) is 12.9 Å². The van der Waals surface area contributed by atoms with E-state index < -0.39 is 0 Å². The van der Waals surface area contributed by atoms with Gasteiger partial charge in [0.25, 0.3) is 0 Å². The van der Waals surface area contributed by atoms with Gasteiger partial charge in [0.05, 0.1) is 12.9 Å². The minimum Gasteiger partial charge on any atom is -0.337 e. The Balaban J connectivity index is 2.24. The summed E-state index contributed by atoms with van der Waals surface area (Å²) in [6, 6.07) is 0. The largest absolute Gasteiger partial charge is 0.337 e. The van der Waals surface area contributed by atoms with Gasteiger partial charge in [0.2, 0.25) is 0 Å². The second-order valence-electron chi connectivity index (χ2n) is 3.48. The van der Waals surface area contributed by atoms with Crippen molar-refractivity contribution in [3.8, 4) is 0 Å². The molecule has 1 aromatic rings. The number of hydrogen-bond donors (Lipinski definition) is 1. The van der Waals surface area contributed by atoms with Crippen molar-refractivity contribution in [1.82, 2.24) is 9.55 Å². The molecule has 4 heteroatoms. The predicted molar refractivity (Wildman–Crippen MR) is 44.3 cm³/mol. The maximum atomic E-state index is 5.08. The molecule has 2 N–H and O–H groups in total. The molecule has 1 aliphatic rings. The van der Waals surface area contributed by atoms with Crippen LogP contribution in [0, 0.1) is 0 Å². The molecule has 0 aliphatic heterocycles. The Morgan fingerprint density at radius 1 is 1.75 bits per heavy atom. The molecule has 1 heterocycles. The third kappa shape index (κ3) is 1.04. The van der Waals surface area contributed by atoms with Gasteiger partial charge in [-0.05, 0) is 12.8 Å². The third-order valence-electron chi connectivity index (χ3n) is 2.57. The highest BCUT2D eigenvalue weighted by Crippen LogP contribution is 2.47. The van der Waals surface area contributed by atoms with E-state index in [1.807, 2.05) is 24.1 Å². The molecule has 1 saturated carbocycles. The number of nitrogens with zero attached hydrogens (tertiary/aromatic N) is 2. The molecule has 0 radical (unpaired) electrons. The molecule has 0 unspecified atom stereocenters. The first-order valence-electron chi connectivity index (χ1n) is 4.07. The molecule has 12 heavy (non-hydrogen) atoms. The maximum Gasteiger partial charge on any atom is 0.0945 e. The zero-order chi connectivity index (χ0) is 8.60. The Morgan fingerprint density at radius 2 is 2.50 bits per heavy atom. The summed E-state index contributed by atoms with van der Waals surface area (Å²) in [5.41, 5.74) is 1.40. The molecule has 1 fully saturated rings. The lowest BCUT2D eigenvalue weighted by molar-refractivity contribution is 0.114. The van der Waals surface area contributed by atoms with E-state index in [1.54, 1.807) is 0 Å². The van der Waals surface area contributed by atoms with Gasteiger partial charge < -0.3 is 9.40 Å². The quantitative estimate of drug-likeness (QED) is 0.660. The first-order valence-corrected chi connectivity index (χ1v) is 4.07. The van der Waals surface area contributed by atoms with Gasteiger partial charge in [-0.15, -0.1) is 0 Å². The molecule has 0 spiro atoms. The Kier molecular flexibility index (Phi) is 1.66. The zero-order valence-corrected chi connectivity index (χ0v) is 7.16. The van der Waals surface area contributed by atoms with Crippen LogP contribution in [0.2, 0.25) is 0 Å². The van der Waals surface area contributed by atoms with Gasteiger partial charge in [-0.1, -0.05) is 0 Å². The van der Waals surface area contributed by atoms with Crippen molar-refractivity contribution in [3.05, 3.63) is 18.2 Å². The molecule has 0 amide bonds. The van der Waals surface area contributed by atoms with Crippen molar-refractivity contribution in [2.45, 2.75) is 18.3 Å².